The van der Waals surface area contributed by atoms with E-state index in [1.807, 2.05) is 37.3 Å². The van der Waals surface area contributed by atoms with Gasteiger partial charge in [0.25, 0.3) is 0 Å². The molecule has 2 aromatic rings. The second kappa shape index (κ2) is 7.74. The Morgan fingerprint density at radius 1 is 1.05 bits per heavy atom. The standard InChI is InChI=1S/C17H19F2NO/c1-2-20-17(13-8-9-15(18)16(19)12-13)10-11-21-14-6-4-3-5-7-14/h3-9,12,17,20H,2,10-11H2,1H3. The highest BCUT2D eigenvalue weighted by Gasteiger charge is 2.13. The quantitative estimate of drug-likeness (QED) is 0.830. The van der Waals surface area contributed by atoms with Gasteiger partial charge in [0, 0.05) is 12.5 Å². The van der Waals surface area contributed by atoms with E-state index in [9.17, 15) is 8.78 Å². The van der Waals surface area contributed by atoms with Crippen molar-refractivity contribution in [1.82, 2.24) is 5.32 Å². The van der Waals surface area contributed by atoms with Gasteiger partial charge in [-0.1, -0.05) is 31.2 Å². The second-order valence-corrected chi connectivity index (χ2v) is 4.73. The third-order valence-electron chi connectivity index (χ3n) is 3.22. The maximum atomic E-state index is 13.3. The molecule has 4 heteroatoms. The Bertz CT molecular complexity index is 560. The SMILES string of the molecule is CCNC(CCOc1ccccc1)c1ccc(F)c(F)c1. The first kappa shape index (κ1) is 15.4. The molecule has 0 aliphatic rings. The van der Waals surface area contributed by atoms with Crippen molar-refractivity contribution in [2.45, 2.75) is 19.4 Å². The third-order valence-corrected chi connectivity index (χ3v) is 3.22. The number of para-hydroxylation sites is 1. The van der Waals surface area contributed by atoms with E-state index in [0.717, 1.165) is 23.9 Å². The molecule has 0 saturated carbocycles. The fourth-order valence-corrected chi connectivity index (χ4v) is 2.17. The summed E-state index contributed by atoms with van der Waals surface area (Å²) in [5, 5.41) is 3.26. The first-order valence-electron chi connectivity index (χ1n) is 7.07. The molecular weight excluding hydrogens is 272 g/mol. The molecule has 0 bridgehead atoms. The summed E-state index contributed by atoms with van der Waals surface area (Å²) < 4.78 is 32.0. The molecule has 1 atom stereocenters. The topological polar surface area (TPSA) is 21.3 Å². The van der Waals surface area contributed by atoms with Crippen LogP contribution in [0.1, 0.15) is 24.9 Å². The van der Waals surface area contributed by atoms with Crippen LogP contribution in [-0.2, 0) is 0 Å². The number of hydrogen-bond donors (Lipinski definition) is 1. The molecule has 0 spiro atoms. The zero-order valence-electron chi connectivity index (χ0n) is 12.0. The fourth-order valence-electron chi connectivity index (χ4n) is 2.17. The number of rotatable bonds is 7. The summed E-state index contributed by atoms with van der Waals surface area (Å²) in [6, 6.07) is 13.5. The number of benzene rings is 2. The van der Waals surface area contributed by atoms with Gasteiger partial charge >= 0.3 is 0 Å². The summed E-state index contributed by atoms with van der Waals surface area (Å²) >= 11 is 0. The Labute approximate surface area is 123 Å². The molecule has 0 aliphatic carbocycles. The van der Waals surface area contributed by atoms with Gasteiger partial charge in [0.1, 0.15) is 5.75 Å². The van der Waals surface area contributed by atoms with Crippen LogP contribution < -0.4 is 10.1 Å². The van der Waals surface area contributed by atoms with E-state index in [-0.39, 0.29) is 6.04 Å². The summed E-state index contributed by atoms with van der Waals surface area (Å²) in [7, 11) is 0. The van der Waals surface area contributed by atoms with Gasteiger partial charge in [-0.25, -0.2) is 8.78 Å². The highest BCUT2D eigenvalue weighted by atomic mass is 19.2. The minimum atomic E-state index is -0.825. The van der Waals surface area contributed by atoms with E-state index >= 15 is 0 Å². The number of hydrogen-bond acceptors (Lipinski definition) is 2. The van der Waals surface area contributed by atoms with Crippen molar-refractivity contribution < 1.29 is 13.5 Å². The lowest BCUT2D eigenvalue weighted by atomic mass is 10.0. The van der Waals surface area contributed by atoms with E-state index in [1.54, 1.807) is 6.07 Å². The smallest absolute Gasteiger partial charge is 0.159 e. The monoisotopic (exact) mass is 291 g/mol. The minimum absolute atomic E-state index is 0.0613. The lowest BCUT2D eigenvalue weighted by molar-refractivity contribution is 0.287. The Morgan fingerprint density at radius 2 is 1.81 bits per heavy atom. The highest BCUT2D eigenvalue weighted by Crippen LogP contribution is 2.20. The molecule has 2 rings (SSSR count). The van der Waals surface area contributed by atoms with Crippen LogP contribution >= 0.6 is 0 Å². The van der Waals surface area contributed by atoms with Crippen LogP contribution in [0.25, 0.3) is 0 Å². The third kappa shape index (κ3) is 4.53. The molecule has 0 fully saturated rings. The first-order valence-corrected chi connectivity index (χ1v) is 7.07. The molecule has 1 unspecified atom stereocenters. The molecule has 21 heavy (non-hydrogen) atoms. The van der Waals surface area contributed by atoms with E-state index in [1.165, 1.54) is 6.07 Å². The van der Waals surface area contributed by atoms with E-state index in [0.29, 0.717) is 13.0 Å². The van der Waals surface area contributed by atoms with Crippen LogP contribution in [0.3, 0.4) is 0 Å². The highest BCUT2D eigenvalue weighted by molar-refractivity contribution is 5.22. The van der Waals surface area contributed by atoms with Crippen LogP contribution in [0.2, 0.25) is 0 Å². The maximum absolute atomic E-state index is 13.3. The molecule has 0 heterocycles. The molecule has 0 aromatic heterocycles. The Balaban J connectivity index is 1.97. The molecule has 0 saturated heterocycles. The summed E-state index contributed by atoms with van der Waals surface area (Å²) in [6.45, 7) is 3.22. The predicted octanol–water partition coefficient (Wildman–Crippen LogP) is 4.08. The first-order chi connectivity index (χ1) is 10.2. The molecule has 112 valence electrons. The lowest BCUT2D eigenvalue weighted by Crippen LogP contribution is -2.23. The zero-order chi connectivity index (χ0) is 15.1. The van der Waals surface area contributed by atoms with Crippen molar-refractivity contribution >= 4 is 0 Å². The van der Waals surface area contributed by atoms with Gasteiger partial charge in [-0.05, 0) is 36.4 Å². The maximum Gasteiger partial charge on any atom is 0.159 e. The molecular formula is C17H19F2NO. The van der Waals surface area contributed by atoms with Crippen molar-refractivity contribution in [3.8, 4) is 5.75 Å². The molecule has 2 aromatic carbocycles. The zero-order valence-corrected chi connectivity index (χ0v) is 12.0. The summed E-state index contributed by atoms with van der Waals surface area (Å²) in [5.41, 5.74) is 0.729. The minimum Gasteiger partial charge on any atom is -0.494 e. The van der Waals surface area contributed by atoms with Crippen LogP contribution in [0.15, 0.2) is 48.5 Å². The summed E-state index contributed by atoms with van der Waals surface area (Å²) in [6.07, 6.45) is 0.674. The number of nitrogens with one attached hydrogen (secondary N) is 1. The normalized spacial score (nSPS) is 12.1. The largest absolute Gasteiger partial charge is 0.494 e. The average molecular weight is 291 g/mol. The van der Waals surface area contributed by atoms with Crippen molar-refractivity contribution in [3.05, 3.63) is 65.7 Å². The Morgan fingerprint density at radius 3 is 2.48 bits per heavy atom. The van der Waals surface area contributed by atoms with E-state index < -0.39 is 11.6 Å². The summed E-state index contributed by atoms with van der Waals surface area (Å²) in [4.78, 5) is 0. The van der Waals surface area contributed by atoms with Gasteiger partial charge in [0.05, 0.1) is 6.61 Å². The van der Waals surface area contributed by atoms with E-state index in [4.69, 9.17) is 4.74 Å². The predicted molar refractivity (Wildman–Crippen MR) is 79.3 cm³/mol. The van der Waals surface area contributed by atoms with Gasteiger partial charge in [-0.2, -0.15) is 0 Å². The van der Waals surface area contributed by atoms with Crippen LogP contribution in [0, 0.1) is 11.6 Å². The lowest BCUT2D eigenvalue weighted by Gasteiger charge is -2.19. The van der Waals surface area contributed by atoms with Crippen LogP contribution in [0.4, 0.5) is 8.78 Å². The number of halogens is 2. The molecule has 1 N–H and O–H groups in total. The van der Waals surface area contributed by atoms with Gasteiger partial charge in [-0.15, -0.1) is 0 Å². The van der Waals surface area contributed by atoms with Crippen molar-refractivity contribution in [2.75, 3.05) is 13.2 Å². The second-order valence-electron chi connectivity index (χ2n) is 4.73. The number of ether oxygens (including phenoxy) is 1. The van der Waals surface area contributed by atoms with Gasteiger partial charge in [-0.3, -0.25) is 0 Å². The van der Waals surface area contributed by atoms with Crippen molar-refractivity contribution in [3.63, 3.8) is 0 Å². The molecule has 2 nitrogen and oxygen atoms in total. The van der Waals surface area contributed by atoms with Gasteiger partial charge < -0.3 is 10.1 Å². The molecule has 0 amide bonds. The van der Waals surface area contributed by atoms with Crippen LogP contribution in [-0.4, -0.2) is 13.2 Å². The fraction of sp³-hybridized carbons (Fsp3) is 0.294. The van der Waals surface area contributed by atoms with Gasteiger partial charge in [0.2, 0.25) is 0 Å². The Hall–Kier alpha value is -1.94. The van der Waals surface area contributed by atoms with Crippen molar-refractivity contribution in [2.24, 2.45) is 0 Å². The van der Waals surface area contributed by atoms with E-state index in [2.05, 4.69) is 5.32 Å². The Kier molecular flexibility index (Phi) is 5.69. The van der Waals surface area contributed by atoms with Crippen molar-refractivity contribution in [1.29, 1.82) is 0 Å². The molecule has 0 radical (unpaired) electrons. The average Bonchev–Trinajstić information content (AvgIpc) is 2.50. The van der Waals surface area contributed by atoms with Gasteiger partial charge in [0.15, 0.2) is 11.6 Å². The molecule has 0 aliphatic heterocycles. The van der Waals surface area contributed by atoms with Crippen LogP contribution in [0.5, 0.6) is 5.75 Å². The summed E-state index contributed by atoms with van der Waals surface area (Å²) in [5.74, 6) is -0.841.